The Morgan fingerprint density at radius 2 is 2.04 bits per heavy atom. The summed E-state index contributed by atoms with van der Waals surface area (Å²) in [6.45, 7) is 2.36. The van der Waals surface area contributed by atoms with Crippen molar-refractivity contribution in [1.82, 2.24) is 9.13 Å². The largest absolute Gasteiger partial charge is 0.332 e. The summed E-state index contributed by atoms with van der Waals surface area (Å²) in [5.41, 5.74) is -0.394. The maximum atomic E-state index is 12.7. The van der Waals surface area contributed by atoms with Crippen molar-refractivity contribution in [3.63, 3.8) is 0 Å². The van der Waals surface area contributed by atoms with Crippen LogP contribution in [0, 0.1) is 0 Å². The van der Waals surface area contributed by atoms with Crippen LogP contribution in [0.4, 0.5) is 11.5 Å². The molecule has 2 amide bonds. The third-order valence-corrected chi connectivity index (χ3v) is 4.95. The summed E-state index contributed by atoms with van der Waals surface area (Å²) in [5.74, 6) is -1.65. The van der Waals surface area contributed by atoms with Crippen LogP contribution in [0.1, 0.15) is 37.7 Å². The molecular weight excluding hydrogens is 384 g/mol. The zero-order valence-electron chi connectivity index (χ0n) is 15.6. The summed E-state index contributed by atoms with van der Waals surface area (Å²) < 4.78 is 2.38. The Labute approximate surface area is 166 Å². The number of nitrogens with zero attached hydrogens (tertiary/aromatic N) is 2. The first-order chi connectivity index (χ1) is 13.3. The molecular formula is C19H21ClN4O4. The molecule has 2 aromatic rings. The van der Waals surface area contributed by atoms with E-state index in [9.17, 15) is 19.2 Å². The van der Waals surface area contributed by atoms with Crippen molar-refractivity contribution in [2.45, 2.75) is 38.6 Å². The molecule has 1 aliphatic rings. The van der Waals surface area contributed by atoms with Crippen LogP contribution in [0.3, 0.4) is 0 Å². The Kier molecular flexibility index (Phi) is 5.69. The molecule has 1 aliphatic heterocycles. The van der Waals surface area contributed by atoms with E-state index in [1.54, 1.807) is 24.3 Å². The fraction of sp³-hybridized carbons (Fsp3) is 0.368. The molecule has 1 aromatic heterocycles. The first-order valence-corrected chi connectivity index (χ1v) is 9.41. The lowest BCUT2D eigenvalue weighted by Crippen LogP contribution is -2.40. The number of benzene rings is 1. The number of carbonyl (C=O) groups excluding carboxylic acids is 2. The van der Waals surface area contributed by atoms with Crippen molar-refractivity contribution in [2.75, 3.05) is 10.6 Å². The van der Waals surface area contributed by atoms with E-state index in [-0.39, 0.29) is 17.8 Å². The van der Waals surface area contributed by atoms with Gasteiger partial charge in [0.15, 0.2) is 0 Å². The number of amides is 2. The van der Waals surface area contributed by atoms with E-state index in [0.29, 0.717) is 17.3 Å². The zero-order chi connectivity index (χ0) is 20.4. The SMILES string of the molecule is CCCCn1c2c(c(=O)n(C)c1=O)C(CC(=O)Nc1cccc(Cl)c1)C(=O)N2. The number of unbranched alkanes of at least 4 members (excludes halogenated alkanes) is 1. The molecule has 1 unspecified atom stereocenters. The molecule has 28 heavy (non-hydrogen) atoms. The minimum Gasteiger partial charge on any atom is -0.326 e. The standard InChI is InChI=1S/C19H21ClN4O4/c1-3-4-8-24-16-15(18(27)23(2)19(24)28)13(17(26)22-16)10-14(25)21-12-7-5-6-11(20)9-12/h5-7,9,13H,3-4,8,10H2,1-2H3,(H,21,25)(H,22,26). The lowest BCUT2D eigenvalue weighted by molar-refractivity contribution is -0.122. The predicted octanol–water partition coefficient (Wildman–Crippen LogP) is 2.06. The number of rotatable bonds is 6. The van der Waals surface area contributed by atoms with Crippen LogP contribution in [0.25, 0.3) is 0 Å². The van der Waals surface area contributed by atoms with Crippen molar-refractivity contribution >= 4 is 34.9 Å². The minimum absolute atomic E-state index is 0.157. The topological polar surface area (TPSA) is 102 Å². The van der Waals surface area contributed by atoms with Gasteiger partial charge in [0.05, 0.1) is 11.5 Å². The molecule has 8 nitrogen and oxygen atoms in total. The normalized spacial score (nSPS) is 15.2. The Balaban J connectivity index is 1.92. The Hall–Kier alpha value is -2.87. The summed E-state index contributed by atoms with van der Waals surface area (Å²) in [6, 6.07) is 6.63. The van der Waals surface area contributed by atoms with Crippen LogP contribution in [0.2, 0.25) is 5.02 Å². The lowest BCUT2D eigenvalue weighted by atomic mass is 9.99. The van der Waals surface area contributed by atoms with Crippen molar-refractivity contribution in [2.24, 2.45) is 7.05 Å². The first kappa shape index (κ1) is 19.9. The van der Waals surface area contributed by atoms with Gasteiger partial charge >= 0.3 is 5.69 Å². The van der Waals surface area contributed by atoms with Gasteiger partial charge < -0.3 is 10.6 Å². The molecule has 0 fully saturated rings. The second-order valence-electron chi connectivity index (χ2n) is 6.72. The summed E-state index contributed by atoms with van der Waals surface area (Å²) in [6.07, 6.45) is 1.36. The molecule has 0 saturated carbocycles. The molecule has 148 valence electrons. The highest BCUT2D eigenvalue weighted by Crippen LogP contribution is 2.31. The van der Waals surface area contributed by atoms with Crippen molar-refractivity contribution in [3.05, 3.63) is 55.7 Å². The Morgan fingerprint density at radius 3 is 2.71 bits per heavy atom. The molecule has 0 aliphatic carbocycles. The molecule has 2 heterocycles. The lowest BCUT2D eigenvalue weighted by Gasteiger charge is -2.13. The third-order valence-electron chi connectivity index (χ3n) is 4.72. The van der Waals surface area contributed by atoms with Crippen LogP contribution >= 0.6 is 11.6 Å². The van der Waals surface area contributed by atoms with Gasteiger partial charge in [-0.2, -0.15) is 0 Å². The molecule has 2 N–H and O–H groups in total. The van der Waals surface area contributed by atoms with Gasteiger partial charge in [-0.15, -0.1) is 0 Å². The third kappa shape index (κ3) is 3.73. The molecule has 9 heteroatoms. The molecule has 0 spiro atoms. The quantitative estimate of drug-likeness (QED) is 0.769. The van der Waals surface area contributed by atoms with E-state index < -0.39 is 29.0 Å². The summed E-state index contributed by atoms with van der Waals surface area (Å²) in [4.78, 5) is 50.0. The van der Waals surface area contributed by atoms with Gasteiger partial charge in [0.1, 0.15) is 5.82 Å². The summed E-state index contributed by atoms with van der Waals surface area (Å²) in [7, 11) is 1.37. The number of nitrogens with one attached hydrogen (secondary N) is 2. The van der Waals surface area contributed by atoms with Crippen LogP contribution in [0.15, 0.2) is 33.9 Å². The number of hydrogen-bond acceptors (Lipinski definition) is 4. The average Bonchev–Trinajstić information content (AvgIpc) is 2.96. The average molecular weight is 405 g/mol. The van der Waals surface area contributed by atoms with Crippen molar-refractivity contribution < 1.29 is 9.59 Å². The monoisotopic (exact) mass is 404 g/mol. The maximum Gasteiger partial charge on any atom is 0.332 e. The molecule has 0 bridgehead atoms. The number of hydrogen-bond donors (Lipinski definition) is 2. The van der Waals surface area contributed by atoms with E-state index >= 15 is 0 Å². The van der Waals surface area contributed by atoms with Gasteiger partial charge in [-0.25, -0.2) is 4.79 Å². The van der Waals surface area contributed by atoms with Gasteiger partial charge in [-0.3, -0.25) is 23.5 Å². The van der Waals surface area contributed by atoms with Crippen LogP contribution < -0.4 is 21.9 Å². The zero-order valence-corrected chi connectivity index (χ0v) is 16.4. The van der Waals surface area contributed by atoms with Gasteiger partial charge in [-0.05, 0) is 24.6 Å². The van der Waals surface area contributed by atoms with Crippen LogP contribution in [-0.2, 0) is 23.2 Å². The first-order valence-electron chi connectivity index (χ1n) is 9.03. The number of carbonyl (C=O) groups is 2. The predicted molar refractivity (Wildman–Crippen MR) is 107 cm³/mol. The summed E-state index contributed by atoms with van der Waals surface area (Å²) >= 11 is 5.91. The fourth-order valence-electron chi connectivity index (χ4n) is 3.26. The molecule has 1 atom stereocenters. The van der Waals surface area contributed by atoms with Gasteiger partial charge in [-0.1, -0.05) is 31.0 Å². The van der Waals surface area contributed by atoms with Gasteiger partial charge in [0.2, 0.25) is 11.8 Å². The highest BCUT2D eigenvalue weighted by atomic mass is 35.5. The molecule has 1 aromatic carbocycles. The minimum atomic E-state index is -0.957. The smallest absolute Gasteiger partial charge is 0.326 e. The van der Waals surface area contributed by atoms with Crippen molar-refractivity contribution in [1.29, 1.82) is 0 Å². The maximum absolute atomic E-state index is 12.7. The van der Waals surface area contributed by atoms with E-state index in [4.69, 9.17) is 11.6 Å². The highest BCUT2D eigenvalue weighted by molar-refractivity contribution is 6.30. The number of aromatic nitrogens is 2. The summed E-state index contributed by atoms with van der Waals surface area (Å²) in [5, 5.41) is 5.76. The Bertz CT molecular complexity index is 1060. The molecule has 0 saturated heterocycles. The van der Waals surface area contributed by atoms with Crippen LogP contribution in [-0.4, -0.2) is 20.9 Å². The van der Waals surface area contributed by atoms with Gasteiger partial charge in [0, 0.05) is 30.7 Å². The second-order valence-corrected chi connectivity index (χ2v) is 7.16. The molecule has 0 radical (unpaired) electrons. The van der Waals surface area contributed by atoms with Crippen molar-refractivity contribution in [3.8, 4) is 0 Å². The van der Waals surface area contributed by atoms with E-state index in [0.717, 1.165) is 17.4 Å². The number of anilines is 2. The number of halogens is 1. The number of fused-ring (bicyclic) bond motifs is 1. The second kappa shape index (κ2) is 8.02. The molecule has 3 rings (SSSR count). The highest BCUT2D eigenvalue weighted by Gasteiger charge is 2.38. The Morgan fingerprint density at radius 1 is 1.29 bits per heavy atom. The van der Waals surface area contributed by atoms with Gasteiger partial charge in [0.25, 0.3) is 5.56 Å². The fourth-order valence-corrected chi connectivity index (χ4v) is 3.45. The van der Waals surface area contributed by atoms with Crippen LogP contribution in [0.5, 0.6) is 0 Å². The van der Waals surface area contributed by atoms with E-state index in [1.165, 1.54) is 11.6 Å². The van der Waals surface area contributed by atoms with E-state index in [2.05, 4.69) is 10.6 Å². The van der Waals surface area contributed by atoms with E-state index in [1.807, 2.05) is 6.92 Å².